The number of hydrogen-bond donors (Lipinski definition) is 2. The van der Waals surface area contributed by atoms with E-state index in [1.807, 2.05) is 0 Å². The topological polar surface area (TPSA) is 75.4 Å². The van der Waals surface area contributed by atoms with E-state index in [-0.39, 0.29) is 11.4 Å². The molecule has 1 aromatic carbocycles. The van der Waals surface area contributed by atoms with Crippen LogP contribution in [0.5, 0.6) is 5.75 Å². The number of nitro benzene ring substituents is 1. The van der Waals surface area contributed by atoms with Crippen molar-refractivity contribution in [3.05, 3.63) is 32.3 Å². The lowest BCUT2D eigenvalue weighted by atomic mass is 9.97. The fourth-order valence-electron chi connectivity index (χ4n) is 2.28. The van der Waals surface area contributed by atoms with Crippen LogP contribution in [0, 0.1) is 10.1 Å². The summed E-state index contributed by atoms with van der Waals surface area (Å²) in [6.45, 7) is 1.01. The predicted molar refractivity (Wildman–Crippen MR) is 71.8 cm³/mol. The van der Waals surface area contributed by atoms with Gasteiger partial charge in [-0.1, -0.05) is 6.42 Å². The zero-order chi connectivity index (χ0) is 13.1. The molecular weight excluding hydrogens is 300 g/mol. The van der Waals surface area contributed by atoms with Gasteiger partial charge in [0.05, 0.1) is 9.40 Å². The van der Waals surface area contributed by atoms with Gasteiger partial charge in [-0.3, -0.25) is 10.1 Å². The average Bonchev–Trinajstić information content (AvgIpc) is 2.34. The molecular formula is C12H15BrN2O3. The summed E-state index contributed by atoms with van der Waals surface area (Å²) in [7, 11) is 0. The maximum atomic E-state index is 10.8. The van der Waals surface area contributed by atoms with E-state index >= 15 is 0 Å². The number of nitro groups is 1. The maximum Gasteiger partial charge on any atom is 0.312 e. The Bertz CT molecular complexity index is 459. The number of nitrogens with zero attached hydrogens (tertiary/aromatic N) is 1. The van der Waals surface area contributed by atoms with E-state index in [2.05, 4.69) is 21.2 Å². The molecule has 2 N–H and O–H groups in total. The van der Waals surface area contributed by atoms with Crippen LogP contribution < -0.4 is 5.32 Å². The number of phenols is 1. The quantitative estimate of drug-likeness (QED) is 0.664. The molecule has 1 atom stereocenters. The molecule has 0 aromatic heterocycles. The van der Waals surface area contributed by atoms with Crippen LogP contribution in [0.1, 0.15) is 24.8 Å². The summed E-state index contributed by atoms with van der Waals surface area (Å²) in [6, 6.07) is 3.57. The van der Waals surface area contributed by atoms with Gasteiger partial charge in [0.1, 0.15) is 0 Å². The van der Waals surface area contributed by atoms with E-state index in [9.17, 15) is 15.2 Å². The number of benzene rings is 1. The second-order valence-corrected chi connectivity index (χ2v) is 5.41. The molecule has 1 unspecified atom stereocenters. The van der Waals surface area contributed by atoms with Crippen molar-refractivity contribution in [2.24, 2.45) is 0 Å². The summed E-state index contributed by atoms with van der Waals surface area (Å²) < 4.78 is 0.377. The highest BCUT2D eigenvalue weighted by molar-refractivity contribution is 9.10. The zero-order valence-electron chi connectivity index (χ0n) is 9.86. The van der Waals surface area contributed by atoms with Crippen molar-refractivity contribution in [1.29, 1.82) is 0 Å². The standard InChI is InChI=1S/C12H15BrN2O3/c13-10-6-8(5-9-3-1-2-4-14-9)7-11(12(10)16)15(17)18/h6-7,9,14,16H,1-5H2. The molecule has 0 bridgehead atoms. The molecule has 0 radical (unpaired) electrons. The first-order valence-corrected chi connectivity index (χ1v) is 6.76. The van der Waals surface area contributed by atoms with Gasteiger partial charge in [0.25, 0.3) is 0 Å². The number of aromatic hydroxyl groups is 1. The summed E-state index contributed by atoms with van der Waals surface area (Å²) in [5, 5.41) is 23.8. The van der Waals surface area contributed by atoms with Gasteiger partial charge in [-0.05, 0) is 53.4 Å². The first-order valence-electron chi connectivity index (χ1n) is 5.97. The first-order chi connectivity index (χ1) is 8.58. The SMILES string of the molecule is O=[N+]([O-])c1cc(CC2CCCCN2)cc(Br)c1O. The van der Waals surface area contributed by atoms with Crippen LogP contribution in [0.25, 0.3) is 0 Å². The van der Waals surface area contributed by atoms with E-state index in [0.717, 1.165) is 24.9 Å². The molecule has 1 aliphatic rings. The van der Waals surface area contributed by atoms with E-state index < -0.39 is 4.92 Å². The Morgan fingerprint density at radius 2 is 2.28 bits per heavy atom. The molecule has 98 valence electrons. The van der Waals surface area contributed by atoms with Crippen molar-refractivity contribution in [2.75, 3.05) is 6.54 Å². The van der Waals surface area contributed by atoms with Crippen molar-refractivity contribution in [3.63, 3.8) is 0 Å². The largest absolute Gasteiger partial charge is 0.501 e. The third-order valence-corrected chi connectivity index (χ3v) is 3.80. The highest BCUT2D eigenvalue weighted by atomic mass is 79.9. The summed E-state index contributed by atoms with van der Waals surface area (Å²) in [5.41, 5.74) is 0.626. The zero-order valence-corrected chi connectivity index (χ0v) is 11.4. The van der Waals surface area contributed by atoms with Crippen LogP contribution in [-0.4, -0.2) is 22.6 Å². The van der Waals surface area contributed by atoms with Gasteiger partial charge >= 0.3 is 5.69 Å². The van der Waals surface area contributed by atoms with Crippen molar-refractivity contribution >= 4 is 21.6 Å². The first kappa shape index (κ1) is 13.3. The number of rotatable bonds is 3. The molecule has 1 aromatic rings. The van der Waals surface area contributed by atoms with Crippen LogP contribution in [0.4, 0.5) is 5.69 Å². The minimum Gasteiger partial charge on any atom is -0.501 e. The molecule has 5 nitrogen and oxygen atoms in total. The number of hydrogen-bond acceptors (Lipinski definition) is 4. The normalized spacial score (nSPS) is 19.7. The van der Waals surface area contributed by atoms with E-state index in [0.29, 0.717) is 10.5 Å². The van der Waals surface area contributed by atoms with E-state index in [4.69, 9.17) is 0 Å². The smallest absolute Gasteiger partial charge is 0.312 e. The molecule has 18 heavy (non-hydrogen) atoms. The fraction of sp³-hybridized carbons (Fsp3) is 0.500. The molecule has 1 heterocycles. The molecule has 2 rings (SSSR count). The Morgan fingerprint density at radius 3 is 2.89 bits per heavy atom. The van der Waals surface area contributed by atoms with Gasteiger partial charge < -0.3 is 10.4 Å². The third kappa shape index (κ3) is 3.00. The molecule has 0 aliphatic carbocycles. The highest BCUT2D eigenvalue weighted by Crippen LogP contribution is 2.35. The van der Waals surface area contributed by atoms with Gasteiger partial charge in [0.15, 0.2) is 0 Å². The van der Waals surface area contributed by atoms with Crippen molar-refractivity contribution in [1.82, 2.24) is 5.32 Å². The summed E-state index contributed by atoms with van der Waals surface area (Å²) >= 11 is 3.16. The minimum atomic E-state index is -0.558. The molecule has 1 aliphatic heterocycles. The molecule has 6 heteroatoms. The maximum absolute atomic E-state index is 10.8. The lowest BCUT2D eigenvalue weighted by Crippen LogP contribution is -2.35. The molecule has 0 amide bonds. The Labute approximate surface area is 113 Å². The van der Waals surface area contributed by atoms with Gasteiger partial charge in [-0.25, -0.2) is 0 Å². The van der Waals surface area contributed by atoms with Gasteiger partial charge in [-0.2, -0.15) is 0 Å². The molecule has 1 fully saturated rings. The number of phenolic OH excluding ortho intramolecular Hbond substituents is 1. The average molecular weight is 315 g/mol. The second-order valence-electron chi connectivity index (χ2n) is 4.55. The van der Waals surface area contributed by atoms with E-state index in [1.165, 1.54) is 18.9 Å². The highest BCUT2D eigenvalue weighted by Gasteiger charge is 2.20. The molecule has 1 saturated heterocycles. The molecule has 0 spiro atoms. The van der Waals surface area contributed by atoms with Crippen molar-refractivity contribution in [2.45, 2.75) is 31.7 Å². The van der Waals surface area contributed by atoms with Crippen LogP contribution in [0.2, 0.25) is 0 Å². The number of halogens is 1. The van der Waals surface area contributed by atoms with Crippen LogP contribution >= 0.6 is 15.9 Å². The lowest BCUT2D eigenvalue weighted by Gasteiger charge is -2.23. The van der Waals surface area contributed by atoms with Crippen molar-refractivity contribution in [3.8, 4) is 5.75 Å². The Hall–Kier alpha value is -1.14. The predicted octanol–water partition coefficient (Wildman–Crippen LogP) is 2.75. The number of piperidine rings is 1. The monoisotopic (exact) mass is 314 g/mol. The fourth-order valence-corrected chi connectivity index (χ4v) is 2.78. The summed E-state index contributed by atoms with van der Waals surface area (Å²) in [6.07, 6.45) is 4.22. The Kier molecular flexibility index (Phi) is 4.19. The number of nitrogens with one attached hydrogen (secondary N) is 1. The van der Waals surface area contributed by atoms with Gasteiger partial charge in [-0.15, -0.1) is 0 Å². The lowest BCUT2D eigenvalue weighted by molar-refractivity contribution is -0.386. The summed E-state index contributed by atoms with van der Waals surface area (Å²) in [5.74, 6) is -0.305. The van der Waals surface area contributed by atoms with Crippen LogP contribution in [0.15, 0.2) is 16.6 Å². The minimum absolute atomic E-state index is 0.241. The van der Waals surface area contributed by atoms with Crippen LogP contribution in [0.3, 0.4) is 0 Å². The third-order valence-electron chi connectivity index (χ3n) is 3.19. The van der Waals surface area contributed by atoms with E-state index in [1.54, 1.807) is 6.07 Å². The second kappa shape index (κ2) is 5.67. The van der Waals surface area contributed by atoms with Gasteiger partial charge in [0.2, 0.25) is 5.75 Å². The Morgan fingerprint density at radius 1 is 1.50 bits per heavy atom. The van der Waals surface area contributed by atoms with Crippen molar-refractivity contribution < 1.29 is 10.0 Å². The molecule has 0 saturated carbocycles. The van der Waals surface area contributed by atoms with Crippen LogP contribution in [-0.2, 0) is 6.42 Å². The van der Waals surface area contributed by atoms with Gasteiger partial charge in [0, 0.05) is 12.1 Å². The summed E-state index contributed by atoms with van der Waals surface area (Å²) in [4.78, 5) is 10.3. The Balaban J connectivity index is 2.20.